The maximum Gasteiger partial charge on any atom is 0.315 e. The van der Waals surface area contributed by atoms with E-state index in [1.807, 2.05) is 25.1 Å². The van der Waals surface area contributed by atoms with E-state index >= 15 is 0 Å². The van der Waals surface area contributed by atoms with Gasteiger partial charge in [-0.1, -0.05) is 6.07 Å². The maximum atomic E-state index is 11.8. The number of ether oxygens (including phenoxy) is 2. The molecule has 0 saturated heterocycles. The summed E-state index contributed by atoms with van der Waals surface area (Å²) in [6, 6.07) is 5.26. The summed E-state index contributed by atoms with van der Waals surface area (Å²) in [7, 11) is 0. The molecule has 3 amide bonds. The van der Waals surface area contributed by atoms with E-state index in [1.54, 1.807) is 0 Å². The largest absolute Gasteiger partial charge is 0.486 e. The second-order valence-corrected chi connectivity index (χ2v) is 5.36. The van der Waals surface area contributed by atoms with E-state index in [2.05, 4.69) is 16.0 Å². The van der Waals surface area contributed by atoms with Crippen molar-refractivity contribution in [3.05, 3.63) is 23.8 Å². The van der Waals surface area contributed by atoms with Crippen LogP contribution in [0.1, 0.15) is 31.9 Å². The first kappa shape index (κ1) is 16.9. The predicted molar refractivity (Wildman–Crippen MR) is 85.7 cm³/mol. The topological polar surface area (TPSA) is 88.7 Å². The van der Waals surface area contributed by atoms with Crippen molar-refractivity contribution in [2.45, 2.75) is 26.3 Å². The fourth-order valence-corrected chi connectivity index (χ4v) is 2.22. The van der Waals surface area contributed by atoms with Gasteiger partial charge in [-0.3, -0.25) is 4.79 Å². The van der Waals surface area contributed by atoms with Gasteiger partial charge in [-0.2, -0.15) is 0 Å². The van der Waals surface area contributed by atoms with Crippen LogP contribution in [-0.2, 0) is 4.79 Å². The van der Waals surface area contributed by atoms with Gasteiger partial charge in [0.15, 0.2) is 11.5 Å². The summed E-state index contributed by atoms with van der Waals surface area (Å²) < 4.78 is 11.0. The number of nitrogens with one attached hydrogen (secondary N) is 3. The van der Waals surface area contributed by atoms with Crippen LogP contribution < -0.4 is 25.4 Å². The Morgan fingerprint density at radius 3 is 2.57 bits per heavy atom. The maximum absolute atomic E-state index is 11.8. The van der Waals surface area contributed by atoms with Crippen LogP contribution in [0.25, 0.3) is 0 Å². The molecule has 0 saturated carbocycles. The van der Waals surface area contributed by atoms with Crippen LogP contribution >= 0.6 is 0 Å². The van der Waals surface area contributed by atoms with Gasteiger partial charge in [0, 0.05) is 20.0 Å². The molecule has 1 heterocycles. The number of hydrogen-bond donors (Lipinski definition) is 3. The third kappa shape index (κ3) is 5.36. The van der Waals surface area contributed by atoms with Gasteiger partial charge in [-0.05, 0) is 31.0 Å². The first-order chi connectivity index (χ1) is 11.1. The summed E-state index contributed by atoms with van der Waals surface area (Å²) in [5, 5.41) is 8.31. The highest BCUT2D eigenvalue weighted by molar-refractivity contribution is 5.74. The van der Waals surface area contributed by atoms with E-state index in [4.69, 9.17) is 9.47 Å². The fraction of sp³-hybridized carbons (Fsp3) is 0.500. The minimum atomic E-state index is -0.241. The molecule has 1 aromatic rings. The van der Waals surface area contributed by atoms with Crippen LogP contribution in [0.3, 0.4) is 0 Å². The Morgan fingerprint density at radius 2 is 1.83 bits per heavy atom. The summed E-state index contributed by atoms with van der Waals surface area (Å²) in [5.41, 5.74) is 0.947. The van der Waals surface area contributed by atoms with E-state index in [9.17, 15) is 9.59 Å². The lowest BCUT2D eigenvalue weighted by Crippen LogP contribution is -2.38. The SMILES string of the molecule is CC(=O)NCCCNC(=O)N[C@H](C)c1ccc2c(c1)OCCO2. The summed E-state index contributed by atoms with van der Waals surface area (Å²) in [6.45, 7) is 5.51. The van der Waals surface area contributed by atoms with Gasteiger partial charge in [0.05, 0.1) is 6.04 Å². The highest BCUT2D eigenvalue weighted by Gasteiger charge is 2.15. The molecule has 0 spiro atoms. The summed E-state index contributed by atoms with van der Waals surface area (Å²) in [6.07, 6.45) is 0.686. The molecule has 0 bridgehead atoms. The molecule has 0 radical (unpaired) electrons. The number of carbonyl (C=O) groups excluding carboxylic acids is 2. The molecule has 1 aromatic carbocycles. The number of benzene rings is 1. The van der Waals surface area contributed by atoms with Gasteiger partial charge in [0.2, 0.25) is 5.91 Å². The van der Waals surface area contributed by atoms with Gasteiger partial charge < -0.3 is 25.4 Å². The van der Waals surface area contributed by atoms with Crippen LogP contribution in [0, 0.1) is 0 Å². The Bertz CT molecular complexity index is 562. The second-order valence-electron chi connectivity index (χ2n) is 5.36. The highest BCUT2D eigenvalue weighted by Crippen LogP contribution is 2.32. The zero-order chi connectivity index (χ0) is 16.7. The highest BCUT2D eigenvalue weighted by atomic mass is 16.6. The molecule has 0 fully saturated rings. The monoisotopic (exact) mass is 321 g/mol. The van der Waals surface area contributed by atoms with Crippen molar-refractivity contribution in [1.82, 2.24) is 16.0 Å². The normalized spacial score (nSPS) is 13.8. The van der Waals surface area contributed by atoms with E-state index in [1.165, 1.54) is 6.92 Å². The number of carbonyl (C=O) groups is 2. The van der Waals surface area contributed by atoms with Gasteiger partial charge in [0.25, 0.3) is 0 Å². The number of rotatable bonds is 6. The van der Waals surface area contributed by atoms with Crippen molar-refractivity contribution in [1.29, 1.82) is 0 Å². The number of fused-ring (bicyclic) bond motifs is 1. The third-order valence-corrected chi connectivity index (χ3v) is 3.43. The second kappa shape index (κ2) is 8.26. The van der Waals surface area contributed by atoms with Crippen molar-refractivity contribution in [2.75, 3.05) is 26.3 Å². The molecule has 1 aliphatic rings. The minimum Gasteiger partial charge on any atom is -0.486 e. The molecule has 0 unspecified atom stereocenters. The Kier molecular flexibility index (Phi) is 6.08. The molecule has 0 aliphatic carbocycles. The summed E-state index contributed by atoms with van der Waals surface area (Å²) in [5.74, 6) is 1.37. The lowest BCUT2D eigenvalue weighted by Gasteiger charge is -2.21. The zero-order valence-corrected chi connectivity index (χ0v) is 13.5. The molecule has 23 heavy (non-hydrogen) atoms. The van der Waals surface area contributed by atoms with E-state index in [0.29, 0.717) is 38.5 Å². The molecule has 0 aromatic heterocycles. The lowest BCUT2D eigenvalue weighted by atomic mass is 10.1. The van der Waals surface area contributed by atoms with Crippen molar-refractivity contribution in [3.8, 4) is 11.5 Å². The summed E-state index contributed by atoms with van der Waals surface area (Å²) >= 11 is 0. The molecule has 7 heteroatoms. The Labute approximate surface area is 135 Å². The quantitative estimate of drug-likeness (QED) is 0.690. The Morgan fingerprint density at radius 1 is 1.13 bits per heavy atom. The third-order valence-electron chi connectivity index (χ3n) is 3.43. The van der Waals surface area contributed by atoms with E-state index < -0.39 is 0 Å². The van der Waals surface area contributed by atoms with Crippen molar-refractivity contribution in [3.63, 3.8) is 0 Å². The molecular weight excluding hydrogens is 298 g/mol. The minimum absolute atomic E-state index is 0.0679. The van der Waals surface area contributed by atoms with E-state index in [-0.39, 0.29) is 18.0 Å². The average Bonchev–Trinajstić information content (AvgIpc) is 2.53. The predicted octanol–water partition coefficient (Wildman–Crippen LogP) is 1.34. The molecule has 1 aliphatic heterocycles. The molecule has 126 valence electrons. The lowest BCUT2D eigenvalue weighted by molar-refractivity contribution is -0.118. The standard InChI is InChI=1S/C16H23N3O4/c1-11(19-16(21)18-7-3-6-17-12(2)20)13-4-5-14-15(10-13)23-9-8-22-14/h4-5,10-11H,3,6-9H2,1-2H3,(H,17,20)(H2,18,19,21)/t11-/m1/s1. The van der Waals surface area contributed by atoms with Crippen LogP contribution in [0.2, 0.25) is 0 Å². The zero-order valence-electron chi connectivity index (χ0n) is 13.5. The fourth-order valence-electron chi connectivity index (χ4n) is 2.22. The van der Waals surface area contributed by atoms with Crippen LogP contribution in [-0.4, -0.2) is 38.2 Å². The van der Waals surface area contributed by atoms with Crippen molar-refractivity contribution in [2.24, 2.45) is 0 Å². The average molecular weight is 321 g/mol. The number of hydrogen-bond acceptors (Lipinski definition) is 4. The molecular formula is C16H23N3O4. The molecule has 2 rings (SSSR count). The van der Waals surface area contributed by atoms with Crippen LogP contribution in [0.5, 0.6) is 11.5 Å². The number of urea groups is 1. The first-order valence-corrected chi connectivity index (χ1v) is 7.74. The van der Waals surface area contributed by atoms with Gasteiger partial charge in [0.1, 0.15) is 13.2 Å². The van der Waals surface area contributed by atoms with Crippen molar-refractivity contribution < 1.29 is 19.1 Å². The molecule has 3 N–H and O–H groups in total. The smallest absolute Gasteiger partial charge is 0.315 e. The number of amides is 3. The van der Waals surface area contributed by atoms with Crippen LogP contribution in [0.4, 0.5) is 4.79 Å². The summed E-state index contributed by atoms with van der Waals surface area (Å²) in [4.78, 5) is 22.6. The molecule has 1 atom stereocenters. The van der Waals surface area contributed by atoms with Crippen LogP contribution in [0.15, 0.2) is 18.2 Å². The Hall–Kier alpha value is -2.44. The van der Waals surface area contributed by atoms with Gasteiger partial charge in [-0.15, -0.1) is 0 Å². The van der Waals surface area contributed by atoms with Gasteiger partial charge >= 0.3 is 6.03 Å². The Balaban J connectivity index is 1.76. The first-order valence-electron chi connectivity index (χ1n) is 7.74. The molecule has 7 nitrogen and oxygen atoms in total. The van der Waals surface area contributed by atoms with Gasteiger partial charge in [-0.25, -0.2) is 4.79 Å². The van der Waals surface area contributed by atoms with E-state index in [0.717, 1.165) is 11.3 Å². The van der Waals surface area contributed by atoms with Crippen molar-refractivity contribution >= 4 is 11.9 Å².